The molecule has 0 spiro atoms. The van der Waals surface area contributed by atoms with E-state index in [1.807, 2.05) is 30.3 Å². The van der Waals surface area contributed by atoms with Crippen molar-refractivity contribution in [1.29, 1.82) is 0 Å². The van der Waals surface area contributed by atoms with E-state index >= 15 is 0 Å². The lowest BCUT2D eigenvalue weighted by atomic mass is 9.97. The van der Waals surface area contributed by atoms with E-state index in [-0.39, 0.29) is 11.6 Å². The molecule has 0 saturated carbocycles. The molecule has 1 aliphatic rings. The topological polar surface area (TPSA) is 76.0 Å². The van der Waals surface area contributed by atoms with Gasteiger partial charge in [-0.3, -0.25) is 4.79 Å². The molecule has 23 heavy (non-hydrogen) atoms. The van der Waals surface area contributed by atoms with Crippen molar-refractivity contribution in [2.45, 2.75) is 32.2 Å². The summed E-state index contributed by atoms with van der Waals surface area (Å²) in [7, 11) is 0. The number of rotatable bonds is 4. The van der Waals surface area contributed by atoms with E-state index in [1.54, 1.807) is 6.07 Å². The Morgan fingerprint density at radius 2 is 1.96 bits per heavy atom. The van der Waals surface area contributed by atoms with Crippen molar-refractivity contribution < 1.29 is 4.79 Å². The van der Waals surface area contributed by atoms with Gasteiger partial charge in [0.05, 0.1) is 12.2 Å². The van der Waals surface area contributed by atoms with Gasteiger partial charge in [-0.15, -0.1) is 0 Å². The summed E-state index contributed by atoms with van der Waals surface area (Å²) in [5.41, 5.74) is 2.72. The number of nitrogens with zero attached hydrogens (tertiary/aromatic N) is 2. The van der Waals surface area contributed by atoms with E-state index in [9.17, 15) is 9.59 Å². The minimum absolute atomic E-state index is 0.101. The Balaban J connectivity index is 1.54. The first kappa shape index (κ1) is 15.3. The predicted molar refractivity (Wildman–Crippen MR) is 88.6 cm³/mol. The number of aromatic nitrogens is 2. The fourth-order valence-corrected chi connectivity index (χ4v) is 2.73. The smallest absolute Gasteiger partial charge is 0.319 e. The van der Waals surface area contributed by atoms with Crippen LogP contribution in [0.4, 0.5) is 10.5 Å². The molecule has 2 amide bonds. The summed E-state index contributed by atoms with van der Waals surface area (Å²) >= 11 is 0. The SMILES string of the molecule is O=C(NCCn1nc2c(cc1=O)CCCC2)Nc1ccccc1. The van der Waals surface area contributed by atoms with E-state index in [2.05, 4.69) is 15.7 Å². The molecule has 0 saturated heterocycles. The maximum atomic E-state index is 12.0. The first-order valence-electron chi connectivity index (χ1n) is 7.92. The monoisotopic (exact) mass is 312 g/mol. The number of benzene rings is 1. The number of hydrogen-bond donors (Lipinski definition) is 2. The maximum absolute atomic E-state index is 12.0. The molecule has 1 aromatic carbocycles. The van der Waals surface area contributed by atoms with Gasteiger partial charge in [0.2, 0.25) is 0 Å². The summed E-state index contributed by atoms with van der Waals surface area (Å²) in [6.07, 6.45) is 4.11. The van der Waals surface area contributed by atoms with Gasteiger partial charge < -0.3 is 10.6 Å². The van der Waals surface area contributed by atoms with Gasteiger partial charge >= 0.3 is 6.03 Å². The second kappa shape index (κ2) is 7.09. The summed E-state index contributed by atoms with van der Waals surface area (Å²) < 4.78 is 1.44. The molecule has 1 heterocycles. The van der Waals surface area contributed by atoms with Crippen molar-refractivity contribution in [1.82, 2.24) is 15.1 Å². The molecule has 1 aromatic heterocycles. The van der Waals surface area contributed by atoms with Crippen LogP contribution in [0.25, 0.3) is 0 Å². The van der Waals surface area contributed by atoms with Gasteiger partial charge in [0.15, 0.2) is 0 Å². The molecule has 6 nitrogen and oxygen atoms in total. The number of hydrogen-bond acceptors (Lipinski definition) is 3. The lowest BCUT2D eigenvalue weighted by Crippen LogP contribution is -2.35. The van der Waals surface area contributed by atoms with Crippen molar-refractivity contribution in [3.63, 3.8) is 0 Å². The van der Waals surface area contributed by atoms with Crippen LogP contribution in [0.5, 0.6) is 0 Å². The molecule has 0 bridgehead atoms. The molecule has 2 N–H and O–H groups in total. The summed E-state index contributed by atoms with van der Waals surface area (Å²) in [6.45, 7) is 0.721. The second-order valence-corrected chi connectivity index (χ2v) is 5.63. The van der Waals surface area contributed by atoms with Gasteiger partial charge in [0.25, 0.3) is 5.56 Å². The normalized spacial score (nSPS) is 13.2. The van der Waals surface area contributed by atoms with Crippen molar-refractivity contribution >= 4 is 11.7 Å². The quantitative estimate of drug-likeness (QED) is 0.906. The Hall–Kier alpha value is -2.63. The molecule has 120 valence electrons. The van der Waals surface area contributed by atoms with Crippen molar-refractivity contribution in [3.8, 4) is 0 Å². The fourth-order valence-electron chi connectivity index (χ4n) is 2.73. The first-order valence-corrected chi connectivity index (χ1v) is 7.92. The average molecular weight is 312 g/mol. The number of fused-ring (bicyclic) bond motifs is 1. The van der Waals surface area contributed by atoms with E-state index in [4.69, 9.17) is 0 Å². The molecule has 0 aliphatic heterocycles. The number of carbonyl (C=O) groups is 1. The molecule has 0 unspecified atom stereocenters. The highest BCUT2D eigenvalue weighted by molar-refractivity contribution is 5.89. The van der Waals surface area contributed by atoms with Gasteiger partial charge in [-0.2, -0.15) is 5.10 Å². The third kappa shape index (κ3) is 3.97. The van der Waals surface area contributed by atoms with Gasteiger partial charge in [-0.05, 0) is 43.4 Å². The third-order valence-electron chi connectivity index (χ3n) is 3.91. The average Bonchev–Trinajstić information content (AvgIpc) is 2.56. The van der Waals surface area contributed by atoms with Gasteiger partial charge in [-0.25, -0.2) is 9.48 Å². The van der Waals surface area contributed by atoms with Gasteiger partial charge in [-0.1, -0.05) is 18.2 Å². The van der Waals surface area contributed by atoms with Gasteiger partial charge in [0.1, 0.15) is 0 Å². The minimum Gasteiger partial charge on any atom is -0.336 e. The zero-order valence-electron chi connectivity index (χ0n) is 12.9. The fraction of sp³-hybridized carbons (Fsp3) is 0.353. The Bertz CT molecular complexity index is 740. The van der Waals surface area contributed by atoms with Crippen molar-refractivity contribution in [3.05, 3.63) is 58.0 Å². The highest BCUT2D eigenvalue weighted by Crippen LogP contribution is 2.16. The number of para-hydroxylation sites is 1. The highest BCUT2D eigenvalue weighted by Gasteiger charge is 2.13. The summed E-state index contributed by atoms with van der Waals surface area (Å²) in [4.78, 5) is 23.8. The van der Waals surface area contributed by atoms with Crippen LogP contribution in [-0.4, -0.2) is 22.4 Å². The molecule has 1 aliphatic carbocycles. The number of urea groups is 1. The molecule has 0 fully saturated rings. The number of amides is 2. The number of nitrogens with one attached hydrogen (secondary N) is 2. The zero-order valence-corrected chi connectivity index (χ0v) is 12.9. The zero-order chi connectivity index (χ0) is 16.1. The lowest BCUT2D eigenvalue weighted by Gasteiger charge is -2.16. The third-order valence-corrected chi connectivity index (χ3v) is 3.91. The molecule has 2 aromatic rings. The Morgan fingerprint density at radius 3 is 2.78 bits per heavy atom. The van der Waals surface area contributed by atoms with Crippen molar-refractivity contribution in [2.75, 3.05) is 11.9 Å². The molecular formula is C17H20N4O2. The molecule has 0 radical (unpaired) electrons. The largest absolute Gasteiger partial charge is 0.336 e. The van der Waals surface area contributed by atoms with Crippen LogP contribution >= 0.6 is 0 Å². The predicted octanol–water partition coefficient (Wildman–Crippen LogP) is 1.94. The Labute approximate surface area is 134 Å². The number of carbonyl (C=O) groups excluding carboxylic acids is 1. The summed E-state index contributed by atoms with van der Waals surface area (Å²) in [6, 6.07) is 10.6. The number of anilines is 1. The summed E-state index contributed by atoms with van der Waals surface area (Å²) in [5, 5.41) is 9.90. The Morgan fingerprint density at radius 1 is 1.17 bits per heavy atom. The van der Waals surface area contributed by atoms with Crippen LogP contribution in [-0.2, 0) is 19.4 Å². The molecule has 6 heteroatoms. The Kier molecular flexibility index (Phi) is 4.71. The highest BCUT2D eigenvalue weighted by atomic mass is 16.2. The minimum atomic E-state index is -0.290. The maximum Gasteiger partial charge on any atom is 0.319 e. The van der Waals surface area contributed by atoms with Crippen LogP contribution in [0.15, 0.2) is 41.2 Å². The molecule has 0 atom stereocenters. The number of aryl methyl sites for hydroxylation is 2. The van der Waals surface area contributed by atoms with Crippen LogP contribution in [0, 0.1) is 0 Å². The van der Waals surface area contributed by atoms with E-state index in [0.29, 0.717) is 13.1 Å². The van der Waals surface area contributed by atoms with Crippen LogP contribution in [0.2, 0.25) is 0 Å². The van der Waals surface area contributed by atoms with E-state index < -0.39 is 0 Å². The standard InChI is InChI=1S/C17H20N4O2/c22-16-12-13-6-4-5-9-15(13)20-21(16)11-10-18-17(23)19-14-7-2-1-3-8-14/h1-3,7-8,12H,4-6,9-11H2,(H2,18,19,23). The molecular weight excluding hydrogens is 292 g/mol. The van der Waals surface area contributed by atoms with Gasteiger partial charge in [0, 0.05) is 18.3 Å². The lowest BCUT2D eigenvalue weighted by molar-refractivity contribution is 0.251. The second-order valence-electron chi connectivity index (χ2n) is 5.63. The van der Waals surface area contributed by atoms with Crippen LogP contribution < -0.4 is 16.2 Å². The van der Waals surface area contributed by atoms with Crippen LogP contribution in [0.3, 0.4) is 0 Å². The van der Waals surface area contributed by atoms with Crippen molar-refractivity contribution in [2.24, 2.45) is 0 Å². The first-order chi connectivity index (χ1) is 11.2. The van der Waals surface area contributed by atoms with E-state index in [1.165, 1.54) is 4.68 Å². The van der Waals surface area contributed by atoms with Crippen LogP contribution in [0.1, 0.15) is 24.1 Å². The van der Waals surface area contributed by atoms with E-state index in [0.717, 1.165) is 42.6 Å². The molecule has 3 rings (SSSR count). The summed E-state index contributed by atoms with van der Waals surface area (Å²) in [5.74, 6) is 0.